The molecular weight excluding hydrogens is 383 g/mol. The Bertz CT molecular complexity index is 921. The lowest BCUT2D eigenvalue weighted by Gasteiger charge is -2.28. The molecule has 152 valence electrons. The highest BCUT2D eigenvalue weighted by Gasteiger charge is 2.40. The van der Waals surface area contributed by atoms with Crippen LogP contribution in [0.5, 0.6) is 0 Å². The van der Waals surface area contributed by atoms with Crippen molar-refractivity contribution >= 4 is 17.7 Å². The number of carboxylic acids is 1. The summed E-state index contributed by atoms with van der Waals surface area (Å²) < 4.78 is 68.8. The number of aromatic nitrogens is 2. The fraction of sp³-hybridized carbons (Fsp3) is 0.474. The molecule has 1 aliphatic rings. The molecule has 1 saturated carbocycles. The van der Waals surface area contributed by atoms with Crippen molar-refractivity contribution in [3.05, 3.63) is 40.9 Å². The number of pyridine rings is 1. The van der Waals surface area contributed by atoms with Crippen molar-refractivity contribution in [2.24, 2.45) is 5.92 Å². The van der Waals surface area contributed by atoms with Crippen LogP contribution in [0.4, 0.5) is 22.0 Å². The number of fused-ring (bicyclic) bond motifs is 1. The second kappa shape index (κ2) is 7.18. The Morgan fingerprint density at radius 3 is 2.54 bits per heavy atom. The zero-order valence-electron chi connectivity index (χ0n) is 15.1. The lowest BCUT2D eigenvalue weighted by molar-refractivity contribution is -0.141. The maximum absolute atomic E-state index is 13.6. The first-order chi connectivity index (χ1) is 13.0. The van der Waals surface area contributed by atoms with Crippen molar-refractivity contribution in [3.63, 3.8) is 0 Å². The van der Waals surface area contributed by atoms with Crippen LogP contribution in [0.3, 0.4) is 0 Å². The fourth-order valence-electron chi connectivity index (χ4n) is 3.72. The van der Waals surface area contributed by atoms with Crippen LogP contribution in [-0.2, 0) is 17.4 Å². The molecule has 1 fully saturated rings. The van der Waals surface area contributed by atoms with Crippen LogP contribution in [0, 0.1) is 12.8 Å². The summed E-state index contributed by atoms with van der Waals surface area (Å²) in [4.78, 5) is 14.4. The summed E-state index contributed by atoms with van der Waals surface area (Å²) >= 11 is 0. The van der Waals surface area contributed by atoms with E-state index in [1.54, 1.807) is 13.0 Å². The van der Waals surface area contributed by atoms with Gasteiger partial charge in [0.1, 0.15) is 5.65 Å². The first kappa shape index (κ1) is 20.3. The minimum Gasteiger partial charge on any atom is -0.478 e. The standard InChI is InChI=1S/C19H19F5N2O2/c1-11-8-13(2-3-16(27)28)10-15-25-17(19(22,23)24)14(26(11)15)9-12-4-6-18(20,21)7-5-12/h2-3,8,10,12H,4-7,9H2,1H3,(H,27,28)/b3-2+. The van der Waals surface area contributed by atoms with Crippen molar-refractivity contribution in [1.82, 2.24) is 9.38 Å². The van der Waals surface area contributed by atoms with E-state index in [1.165, 1.54) is 16.5 Å². The predicted molar refractivity (Wildman–Crippen MR) is 92.2 cm³/mol. The van der Waals surface area contributed by atoms with Gasteiger partial charge in [0.05, 0.1) is 5.69 Å². The monoisotopic (exact) mass is 402 g/mol. The molecule has 9 heteroatoms. The van der Waals surface area contributed by atoms with Crippen LogP contribution in [0.15, 0.2) is 18.2 Å². The summed E-state index contributed by atoms with van der Waals surface area (Å²) in [6.45, 7) is 1.60. The number of carboxylic acid groups (broad SMARTS) is 1. The number of halogens is 5. The summed E-state index contributed by atoms with van der Waals surface area (Å²) in [6, 6.07) is 2.94. The normalized spacial score (nSPS) is 18.2. The van der Waals surface area contributed by atoms with E-state index in [2.05, 4.69) is 4.98 Å². The number of hydrogen-bond donors (Lipinski definition) is 1. The van der Waals surface area contributed by atoms with Crippen LogP contribution in [0.2, 0.25) is 0 Å². The summed E-state index contributed by atoms with van der Waals surface area (Å²) in [7, 11) is 0. The average molecular weight is 402 g/mol. The number of rotatable bonds is 4. The van der Waals surface area contributed by atoms with Crippen LogP contribution < -0.4 is 0 Å². The van der Waals surface area contributed by atoms with Gasteiger partial charge in [0, 0.05) is 24.6 Å². The summed E-state index contributed by atoms with van der Waals surface area (Å²) in [5, 5.41) is 8.72. The molecule has 1 N–H and O–H groups in total. The van der Waals surface area contributed by atoms with Gasteiger partial charge in [0.15, 0.2) is 5.69 Å². The predicted octanol–water partition coefficient (Wildman–Crippen LogP) is 5.13. The topological polar surface area (TPSA) is 54.6 Å². The molecule has 0 saturated heterocycles. The van der Waals surface area contributed by atoms with Crippen molar-refractivity contribution in [3.8, 4) is 0 Å². The molecule has 0 bridgehead atoms. The van der Waals surface area contributed by atoms with Gasteiger partial charge in [0.2, 0.25) is 5.92 Å². The van der Waals surface area contributed by atoms with E-state index in [4.69, 9.17) is 5.11 Å². The Hall–Kier alpha value is -2.45. The quantitative estimate of drug-likeness (QED) is 0.570. The minimum atomic E-state index is -4.68. The van der Waals surface area contributed by atoms with Crippen molar-refractivity contribution in [1.29, 1.82) is 0 Å². The van der Waals surface area contributed by atoms with Crippen LogP contribution in [-0.4, -0.2) is 26.4 Å². The van der Waals surface area contributed by atoms with Crippen LogP contribution in [0.1, 0.15) is 48.3 Å². The third-order valence-electron chi connectivity index (χ3n) is 5.03. The number of aliphatic carboxylic acids is 1. The lowest BCUT2D eigenvalue weighted by Crippen LogP contribution is -2.26. The molecule has 0 aromatic carbocycles. The molecule has 0 aliphatic heterocycles. The van der Waals surface area contributed by atoms with E-state index in [1.807, 2.05) is 0 Å². The molecule has 3 rings (SSSR count). The highest BCUT2D eigenvalue weighted by molar-refractivity contribution is 5.85. The number of hydrogen-bond acceptors (Lipinski definition) is 2. The highest BCUT2D eigenvalue weighted by atomic mass is 19.4. The largest absolute Gasteiger partial charge is 0.478 e. The molecule has 0 spiro atoms. The Labute approximate surface area is 157 Å². The molecule has 0 unspecified atom stereocenters. The zero-order valence-corrected chi connectivity index (χ0v) is 15.1. The van der Waals surface area contributed by atoms with Gasteiger partial charge >= 0.3 is 12.1 Å². The third-order valence-corrected chi connectivity index (χ3v) is 5.03. The average Bonchev–Trinajstić information content (AvgIpc) is 2.94. The van der Waals surface area contributed by atoms with Gasteiger partial charge in [-0.3, -0.25) is 0 Å². The van der Waals surface area contributed by atoms with Gasteiger partial charge in [-0.05, 0) is 55.9 Å². The van der Waals surface area contributed by atoms with Gasteiger partial charge in [0.25, 0.3) is 0 Å². The second-order valence-electron chi connectivity index (χ2n) is 7.20. The zero-order chi connectivity index (χ0) is 20.7. The molecular formula is C19H19F5N2O2. The molecule has 0 amide bonds. The van der Waals surface area contributed by atoms with Crippen molar-refractivity contribution in [2.45, 2.75) is 51.1 Å². The van der Waals surface area contributed by atoms with Crippen molar-refractivity contribution < 1.29 is 31.9 Å². The first-order valence-electron chi connectivity index (χ1n) is 8.84. The molecule has 2 heterocycles. The van der Waals surface area contributed by atoms with E-state index in [0.717, 1.165) is 6.08 Å². The van der Waals surface area contributed by atoms with Gasteiger partial charge < -0.3 is 9.51 Å². The van der Waals surface area contributed by atoms with Gasteiger partial charge in [-0.1, -0.05) is 0 Å². The summed E-state index contributed by atoms with van der Waals surface area (Å²) in [6.07, 6.45) is -2.81. The Balaban J connectivity index is 2.03. The number of aryl methyl sites for hydroxylation is 1. The smallest absolute Gasteiger partial charge is 0.435 e. The minimum absolute atomic E-state index is 0.0112. The number of carbonyl (C=O) groups is 1. The Morgan fingerprint density at radius 1 is 1.32 bits per heavy atom. The molecule has 28 heavy (non-hydrogen) atoms. The first-order valence-corrected chi connectivity index (χ1v) is 8.84. The van der Waals surface area contributed by atoms with E-state index >= 15 is 0 Å². The molecule has 0 radical (unpaired) electrons. The van der Waals surface area contributed by atoms with E-state index in [0.29, 0.717) is 11.3 Å². The number of nitrogens with zero attached hydrogens (tertiary/aromatic N) is 2. The van der Waals surface area contributed by atoms with E-state index < -0.39 is 23.8 Å². The SMILES string of the molecule is Cc1cc(/C=C/C(=O)O)cc2nc(C(F)(F)F)c(CC3CCC(F)(F)CC3)n12. The summed E-state index contributed by atoms with van der Waals surface area (Å²) in [5.74, 6) is -4.19. The van der Waals surface area contributed by atoms with E-state index in [-0.39, 0.29) is 49.4 Å². The number of alkyl halides is 5. The van der Waals surface area contributed by atoms with Gasteiger partial charge in [-0.15, -0.1) is 0 Å². The lowest BCUT2D eigenvalue weighted by atomic mass is 9.83. The Kier molecular flexibility index (Phi) is 5.20. The maximum atomic E-state index is 13.6. The van der Waals surface area contributed by atoms with Gasteiger partial charge in [-0.25, -0.2) is 18.6 Å². The highest BCUT2D eigenvalue weighted by Crippen LogP contribution is 2.40. The fourth-order valence-corrected chi connectivity index (χ4v) is 3.72. The molecule has 4 nitrogen and oxygen atoms in total. The van der Waals surface area contributed by atoms with Crippen LogP contribution in [0.25, 0.3) is 11.7 Å². The maximum Gasteiger partial charge on any atom is 0.435 e. The third kappa shape index (κ3) is 4.34. The van der Waals surface area contributed by atoms with Gasteiger partial charge in [-0.2, -0.15) is 13.2 Å². The van der Waals surface area contributed by atoms with Crippen molar-refractivity contribution in [2.75, 3.05) is 0 Å². The molecule has 2 aromatic heterocycles. The second-order valence-corrected chi connectivity index (χ2v) is 7.20. The Morgan fingerprint density at radius 2 is 1.96 bits per heavy atom. The molecule has 1 aliphatic carbocycles. The number of imidazole rings is 1. The molecule has 2 aromatic rings. The molecule has 0 atom stereocenters. The van der Waals surface area contributed by atoms with Crippen LogP contribution >= 0.6 is 0 Å². The van der Waals surface area contributed by atoms with E-state index in [9.17, 15) is 26.7 Å². The summed E-state index contributed by atoms with van der Waals surface area (Å²) in [5.41, 5.74) is -0.138.